The van der Waals surface area contributed by atoms with Crippen molar-refractivity contribution in [2.24, 2.45) is 13.0 Å². The second-order valence-corrected chi connectivity index (χ2v) is 11.6. The maximum atomic E-state index is 15.4. The van der Waals surface area contributed by atoms with Crippen molar-refractivity contribution in [2.45, 2.75) is 38.4 Å². The topological polar surface area (TPSA) is 97.9 Å². The fourth-order valence-electron chi connectivity index (χ4n) is 5.80. The lowest BCUT2D eigenvalue weighted by Gasteiger charge is -2.36. The van der Waals surface area contributed by atoms with E-state index in [-0.39, 0.29) is 30.4 Å². The zero-order valence-electron chi connectivity index (χ0n) is 23.3. The molecule has 0 saturated heterocycles. The number of amides is 2. The van der Waals surface area contributed by atoms with Gasteiger partial charge >= 0.3 is 0 Å². The largest absolute Gasteiger partial charge is 0.332 e. The van der Waals surface area contributed by atoms with E-state index in [1.165, 1.54) is 40.7 Å². The van der Waals surface area contributed by atoms with Crippen LogP contribution in [0.5, 0.6) is 0 Å². The fourth-order valence-corrected chi connectivity index (χ4v) is 6.09. The number of carbonyl (C=O) groups excluding carboxylic acids is 2. The lowest BCUT2D eigenvalue weighted by Crippen LogP contribution is -2.38. The molecule has 2 aliphatic heterocycles. The molecule has 0 saturated carbocycles. The molecule has 13 heteroatoms. The Hall–Kier alpha value is -4.09. The van der Waals surface area contributed by atoms with Crippen LogP contribution in [0.2, 0.25) is 10.2 Å². The second-order valence-electron chi connectivity index (χ2n) is 10.8. The van der Waals surface area contributed by atoms with Crippen molar-refractivity contribution in [1.82, 2.24) is 29.7 Å². The molecule has 1 N–H and O–H groups in total. The van der Waals surface area contributed by atoms with E-state index < -0.39 is 29.9 Å². The average molecular weight is 626 g/mol. The zero-order valence-corrected chi connectivity index (χ0v) is 24.8. The van der Waals surface area contributed by atoms with Gasteiger partial charge in [0.05, 0.1) is 41.4 Å². The molecule has 3 atom stereocenters. The van der Waals surface area contributed by atoms with Crippen LogP contribution in [-0.4, -0.2) is 54.2 Å². The predicted molar refractivity (Wildman–Crippen MR) is 159 cm³/mol. The van der Waals surface area contributed by atoms with Crippen LogP contribution < -0.4 is 5.32 Å². The number of nitrogens with zero attached hydrogens (tertiary/aromatic N) is 6. The molecule has 2 amide bonds. The van der Waals surface area contributed by atoms with Crippen molar-refractivity contribution in [3.8, 4) is 16.9 Å². The first-order valence-electron chi connectivity index (χ1n) is 13.8. The standard InChI is InChI=1S/C30H27Cl2F2N7O2/c1-16-23(34)4-6-25(18-9-19(11-21(33)10-18)29-24(36-30(16)43)14-35-39(29)2)40-8-7-17(12-28(40)42)22-13-20(31)3-5-26(22)41-15-27(32)37-38-41/h3,5,9-16,23,25H,4,6-8H2,1-2H3,(H,36,43). The molecule has 4 aromatic rings. The SMILES string of the molecule is CC1C(=O)Nc2cnn(C)c2-c2cc(F)cc(c2)C(N2CCC(c3cc(Cl)ccc3-n3cc(Cl)nn3)=CC2=O)CCC1F. The summed E-state index contributed by atoms with van der Waals surface area (Å²) in [7, 11) is 1.68. The first-order valence-corrected chi connectivity index (χ1v) is 14.5. The molecule has 4 heterocycles. The number of alkyl halides is 1. The van der Waals surface area contributed by atoms with Gasteiger partial charge in [-0.2, -0.15) is 5.10 Å². The van der Waals surface area contributed by atoms with Gasteiger partial charge in [-0.3, -0.25) is 14.3 Å². The lowest BCUT2D eigenvalue weighted by atomic mass is 9.90. The molecular formula is C30H27Cl2F2N7O2. The number of hydrogen-bond donors (Lipinski definition) is 1. The van der Waals surface area contributed by atoms with Gasteiger partial charge in [-0.05, 0) is 66.8 Å². The molecule has 0 aliphatic carbocycles. The number of aromatic nitrogens is 5. The summed E-state index contributed by atoms with van der Waals surface area (Å²) in [5, 5.41) is 15.6. The van der Waals surface area contributed by atoms with Gasteiger partial charge in [0.25, 0.3) is 0 Å². The molecule has 2 aromatic carbocycles. The van der Waals surface area contributed by atoms with E-state index in [1.807, 2.05) is 0 Å². The van der Waals surface area contributed by atoms with Crippen LogP contribution in [-0.2, 0) is 16.6 Å². The van der Waals surface area contributed by atoms with Gasteiger partial charge in [-0.25, -0.2) is 13.5 Å². The molecule has 3 unspecified atom stereocenters. The molecule has 0 radical (unpaired) electrons. The number of aryl methyl sites for hydroxylation is 1. The Morgan fingerprint density at radius 3 is 2.65 bits per heavy atom. The highest BCUT2D eigenvalue weighted by atomic mass is 35.5. The van der Waals surface area contributed by atoms with Gasteiger partial charge in [0.15, 0.2) is 5.15 Å². The van der Waals surface area contributed by atoms with Crippen molar-refractivity contribution < 1.29 is 18.4 Å². The Morgan fingerprint density at radius 2 is 1.91 bits per heavy atom. The number of anilines is 1. The van der Waals surface area contributed by atoms with E-state index >= 15 is 8.78 Å². The number of nitrogens with one attached hydrogen (secondary N) is 1. The van der Waals surface area contributed by atoms with Crippen LogP contribution in [0, 0.1) is 11.7 Å². The van der Waals surface area contributed by atoms with Crippen molar-refractivity contribution >= 4 is 46.3 Å². The van der Waals surface area contributed by atoms with Gasteiger partial charge < -0.3 is 10.2 Å². The Labute approximate surface area is 256 Å². The highest BCUT2D eigenvalue weighted by Crippen LogP contribution is 2.38. The molecule has 222 valence electrons. The van der Waals surface area contributed by atoms with Crippen LogP contribution in [0.25, 0.3) is 22.5 Å². The monoisotopic (exact) mass is 625 g/mol. The second kappa shape index (κ2) is 11.5. The van der Waals surface area contributed by atoms with E-state index in [0.29, 0.717) is 45.2 Å². The summed E-state index contributed by atoms with van der Waals surface area (Å²) in [6.07, 6.45) is 3.69. The maximum absolute atomic E-state index is 15.4. The van der Waals surface area contributed by atoms with Gasteiger partial charge in [0, 0.05) is 35.8 Å². The quantitative estimate of drug-likeness (QED) is 0.293. The molecule has 0 fully saturated rings. The molecule has 0 spiro atoms. The summed E-state index contributed by atoms with van der Waals surface area (Å²) in [5.41, 5.74) is 3.91. The molecule has 2 bridgehead atoms. The number of hydrogen-bond acceptors (Lipinski definition) is 5. The molecule has 2 aromatic heterocycles. The highest BCUT2D eigenvalue weighted by Gasteiger charge is 2.33. The maximum Gasteiger partial charge on any atom is 0.247 e. The van der Waals surface area contributed by atoms with E-state index in [9.17, 15) is 9.59 Å². The third-order valence-electron chi connectivity index (χ3n) is 8.04. The summed E-state index contributed by atoms with van der Waals surface area (Å²) in [5.74, 6) is -2.27. The van der Waals surface area contributed by atoms with Crippen molar-refractivity contribution in [1.29, 1.82) is 0 Å². The lowest BCUT2D eigenvalue weighted by molar-refractivity contribution is -0.129. The number of rotatable bonds is 3. The summed E-state index contributed by atoms with van der Waals surface area (Å²) in [4.78, 5) is 28.3. The van der Waals surface area contributed by atoms with Crippen LogP contribution >= 0.6 is 23.2 Å². The minimum absolute atomic E-state index is 0.00313. The summed E-state index contributed by atoms with van der Waals surface area (Å²) in [6.45, 7) is 1.82. The highest BCUT2D eigenvalue weighted by molar-refractivity contribution is 6.31. The smallest absolute Gasteiger partial charge is 0.247 e. The number of halogens is 4. The summed E-state index contributed by atoms with van der Waals surface area (Å²) < 4.78 is 33.6. The first-order chi connectivity index (χ1) is 20.6. The van der Waals surface area contributed by atoms with Crippen molar-refractivity contribution in [3.63, 3.8) is 0 Å². The number of carbonyl (C=O) groups is 2. The van der Waals surface area contributed by atoms with Crippen molar-refractivity contribution in [3.05, 3.63) is 82.0 Å². The van der Waals surface area contributed by atoms with Gasteiger partial charge in [0.2, 0.25) is 11.8 Å². The Bertz CT molecular complexity index is 1770. The van der Waals surface area contributed by atoms with Crippen molar-refractivity contribution in [2.75, 3.05) is 11.9 Å². The zero-order chi connectivity index (χ0) is 30.4. The average Bonchev–Trinajstić information content (AvgIpc) is 3.57. The van der Waals surface area contributed by atoms with E-state index in [0.717, 1.165) is 5.57 Å². The minimum Gasteiger partial charge on any atom is -0.332 e. The van der Waals surface area contributed by atoms with Crippen LogP contribution in [0.1, 0.15) is 43.4 Å². The molecule has 9 nitrogen and oxygen atoms in total. The third kappa shape index (κ3) is 5.66. The first kappa shape index (κ1) is 29.0. The van der Waals surface area contributed by atoms with E-state index in [1.54, 1.807) is 42.4 Å². The van der Waals surface area contributed by atoms with Crippen LogP contribution in [0.4, 0.5) is 14.5 Å². The number of fused-ring (bicyclic) bond motifs is 4. The summed E-state index contributed by atoms with van der Waals surface area (Å²) >= 11 is 12.3. The van der Waals surface area contributed by atoms with Gasteiger partial charge in [0.1, 0.15) is 12.0 Å². The Kier molecular flexibility index (Phi) is 7.78. The molecule has 2 aliphatic rings. The van der Waals surface area contributed by atoms with Gasteiger partial charge in [-0.1, -0.05) is 35.3 Å². The minimum atomic E-state index is -1.48. The van der Waals surface area contributed by atoms with Crippen LogP contribution in [0.3, 0.4) is 0 Å². The summed E-state index contributed by atoms with van der Waals surface area (Å²) in [6, 6.07) is 9.09. The van der Waals surface area contributed by atoms with E-state index in [4.69, 9.17) is 23.2 Å². The molecular weight excluding hydrogens is 599 g/mol. The van der Waals surface area contributed by atoms with Crippen LogP contribution in [0.15, 0.2) is 54.9 Å². The Morgan fingerprint density at radius 1 is 1.09 bits per heavy atom. The van der Waals surface area contributed by atoms with Gasteiger partial charge in [-0.15, -0.1) is 5.10 Å². The molecule has 6 rings (SSSR count). The van der Waals surface area contributed by atoms with E-state index in [2.05, 4.69) is 20.7 Å². The normalized spacial score (nSPS) is 21.0. The fraction of sp³-hybridized carbons (Fsp3) is 0.300. The number of benzene rings is 2. The Balaban J connectivity index is 1.40. The molecule has 43 heavy (non-hydrogen) atoms. The third-order valence-corrected chi connectivity index (χ3v) is 8.45. The predicted octanol–water partition coefficient (Wildman–Crippen LogP) is 6.18.